The van der Waals surface area contributed by atoms with Crippen molar-refractivity contribution in [3.05, 3.63) is 178 Å². The van der Waals surface area contributed by atoms with E-state index in [2.05, 4.69) is 123 Å². The average molecular weight is 1610 g/mol. The van der Waals surface area contributed by atoms with Crippen LogP contribution in [0.1, 0.15) is 129 Å². The highest BCUT2D eigenvalue weighted by atomic mass is 127. The molecule has 3 saturated heterocycles. The number of amides is 2. The third kappa shape index (κ3) is 16.8. The van der Waals surface area contributed by atoms with Crippen LogP contribution >= 0.6 is 54.5 Å². The van der Waals surface area contributed by atoms with Gasteiger partial charge < -0.3 is 60.7 Å². The van der Waals surface area contributed by atoms with E-state index in [1.807, 2.05) is 13.1 Å². The van der Waals surface area contributed by atoms with Gasteiger partial charge in [0.25, 0.3) is 29.5 Å². The quantitative estimate of drug-likeness (QED) is 0.0737. The number of nitriles is 3. The first kappa shape index (κ1) is 72.8. The molecule has 2 bridgehead atoms. The van der Waals surface area contributed by atoms with E-state index in [1.54, 1.807) is 61.0 Å². The topological polar surface area (TPSA) is 388 Å². The highest BCUT2D eigenvalue weighted by Crippen LogP contribution is 2.37. The van der Waals surface area contributed by atoms with E-state index >= 15 is 0 Å². The molecule has 9 aromatic rings. The second kappa shape index (κ2) is 32.4. The number of nitrogens with two attached hydrogens (primary N) is 3. The molecule has 4 aliphatic rings. The minimum atomic E-state index is -0.753. The van der Waals surface area contributed by atoms with Crippen LogP contribution in [0.4, 0.5) is 30.6 Å². The zero-order chi connectivity index (χ0) is 71.6. The number of anilines is 3. The van der Waals surface area contributed by atoms with Crippen molar-refractivity contribution in [1.82, 2.24) is 74.4 Å². The third-order valence-corrected chi connectivity index (χ3v) is 17.5. The second-order valence-corrected chi connectivity index (χ2v) is 25.7. The fourth-order valence-corrected chi connectivity index (χ4v) is 11.7. The number of ether oxygens (including phenoxy) is 6. The summed E-state index contributed by atoms with van der Waals surface area (Å²) in [5.41, 5.74) is 23.5. The van der Waals surface area contributed by atoms with E-state index in [0.29, 0.717) is 101 Å². The van der Waals surface area contributed by atoms with Crippen molar-refractivity contribution in [3.63, 3.8) is 0 Å². The number of nitrogens with zero attached hydrogens (tertiary/aromatic N) is 17. The Hall–Kier alpha value is -9.94. The number of rotatable bonds is 14. The summed E-state index contributed by atoms with van der Waals surface area (Å²) in [7, 11) is 5.09. The van der Waals surface area contributed by atoms with Gasteiger partial charge in [-0.2, -0.15) is 31.1 Å². The zero-order valence-electron chi connectivity index (χ0n) is 54.3. The zero-order valence-corrected chi connectivity index (χ0v) is 59.6. The van der Waals surface area contributed by atoms with Gasteiger partial charge in [0, 0.05) is 52.0 Å². The van der Waals surface area contributed by atoms with E-state index in [0.717, 1.165) is 14.8 Å². The Kier molecular flexibility index (Phi) is 23.6. The highest BCUT2D eigenvalue weighted by Gasteiger charge is 2.33. The number of carbonyl (C=O) groups is 2. The lowest BCUT2D eigenvalue weighted by Gasteiger charge is -2.26. The smallest absolute Gasteiger partial charge is 0.258 e. The van der Waals surface area contributed by atoms with Gasteiger partial charge in [0.2, 0.25) is 0 Å². The van der Waals surface area contributed by atoms with Crippen LogP contribution in [0.5, 0.6) is 17.6 Å². The van der Waals surface area contributed by atoms with Crippen LogP contribution in [-0.4, -0.2) is 142 Å². The van der Waals surface area contributed by atoms with Gasteiger partial charge in [0.05, 0.1) is 99.7 Å². The Balaban J connectivity index is 0.000000152. The molecule has 10 heterocycles. The summed E-state index contributed by atoms with van der Waals surface area (Å²) in [4.78, 5) is 54.4. The first-order valence-electron chi connectivity index (χ1n) is 30.6. The number of nitrogen functional groups attached to an aromatic ring is 3. The summed E-state index contributed by atoms with van der Waals surface area (Å²) < 4.78 is 81.2. The number of halogens is 6. The van der Waals surface area contributed by atoms with E-state index in [-0.39, 0.29) is 107 Å². The number of aromatic nitrogens is 12. The van der Waals surface area contributed by atoms with Gasteiger partial charge >= 0.3 is 0 Å². The number of hydrogen-bond acceptors (Lipinski definition) is 24. The van der Waals surface area contributed by atoms with Gasteiger partial charge in [-0.3, -0.25) is 9.59 Å². The standard InChI is InChI=1S/C22H21BrFN7O3.C22H20FN7O3.C12H10BrFIN3O.C9H12N4O/c1-12(34-21-20(26)27-8-19(23)28-21)18-5-13(24)3-4-17(18)22(32)30(2)9-14-6-15(7-25)31(29-14)16-10-33-11-16;1-11-15-5-12(23)3-4-14(15)22(31)29(2)8-17-19(16-7-26-20(25)21(27-16)33-11)18(6-24)30(28-17)13-9-32-10-13;1-6(8-4-7(14)2-3-9(8)15)19-12-11(16)17-5-10(13)18-12;1-11-4-7-2-8(3-10)13(12-7)9-5-14-6-9/h3-6,8,12,16H,9-11H2,1-2H3,(H2,26,27);3-5,7,11,13H,8-10H2,1-2H3,(H2,25,26);2-6H,1H3,(H2,16,17);2,9,11H,4-6H2,1H3/t12-;11-;6-;/m111./s1. The minimum Gasteiger partial charge on any atom is -0.467 e. The molecule has 6 aromatic heterocycles. The Morgan fingerprint density at radius 2 is 1.24 bits per heavy atom. The molecule has 35 heteroatoms. The molecule has 7 N–H and O–H groups in total. The van der Waals surface area contributed by atoms with E-state index < -0.39 is 23.8 Å². The van der Waals surface area contributed by atoms with Crippen molar-refractivity contribution in [3.8, 4) is 47.1 Å². The summed E-state index contributed by atoms with van der Waals surface area (Å²) in [5, 5.41) is 44.7. The number of carbonyl (C=O) groups excluding carboxylic acids is 2. The molecule has 0 saturated carbocycles. The Labute approximate surface area is 600 Å². The lowest BCUT2D eigenvalue weighted by molar-refractivity contribution is -0.0292. The summed E-state index contributed by atoms with van der Waals surface area (Å²) in [6.07, 6.45) is 2.47. The monoisotopic (exact) mass is 1610 g/mol. The molecular formula is C65H63Br2F3IN21O8. The van der Waals surface area contributed by atoms with Crippen molar-refractivity contribution < 1.29 is 51.2 Å². The molecule has 0 aliphatic carbocycles. The minimum absolute atomic E-state index is 0.0136. The number of fused-ring (bicyclic) bond motifs is 5. The molecule has 3 atom stereocenters. The Bertz CT molecular complexity index is 4650. The lowest BCUT2D eigenvalue weighted by Crippen LogP contribution is -2.32. The summed E-state index contributed by atoms with van der Waals surface area (Å²) in [6.45, 7) is 9.26. The molecular weight excluding hydrogens is 1550 g/mol. The first-order valence-corrected chi connectivity index (χ1v) is 33.2. The van der Waals surface area contributed by atoms with Crippen molar-refractivity contribution in [2.75, 3.05) is 78.0 Å². The predicted molar refractivity (Wildman–Crippen MR) is 368 cm³/mol. The van der Waals surface area contributed by atoms with E-state index in [4.69, 9.17) is 50.9 Å². The SMILES string of the molecule is CNCc1cc(C#N)n(C2COC2)n1.C[C@@H](Oc1nc(Br)cnc1N)c1cc(F)ccc1C(=O)N(C)Cc1cc(C#N)n(C2COC2)n1.C[C@@H](Oc1nc(Br)cnc1N)c1cc(F)ccc1I.C[C@H]1Oc2nc(cnc2N)-c2c(nn(C3COC3)c2C#N)CN(C)C(=O)c2ccc(F)cc21. The second-order valence-electron chi connectivity index (χ2n) is 22.9. The van der Waals surface area contributed by atoms with Crippen LogP contribution in [-0.2, 0) is 33.8 Å². The van der Waals surface area contributed by atoms with Crippen LogP contribution in [0.2, 0.25) is 0 Å². The molecule has 518 valence electrons. The molecule has 3 fully saturated rings. The number of nitrogens with one attached hydrogen (secondary N) is 1. The van der Waals surface area contributed by atoms with Crippen LogP contribution in [0.3, 0.4) is 0 Å². The number of hydrogen-bond donors (Lipinski definition) is 4. The molecule has 29 nitrogen and oxygen atoms in total. The molecule has 0 radical (unpaired) electrons. The average Bonchev–Trinajstić information content (AvgIpc) is 1.60. The first-order chi connectivity index (χ1) is 47.9. The molecule has 0 spiro atoms. The van der Waals surface area contributed by atoms with Crippen LogP contribution in [0.15, 0.2) is 94.5 Å². The molecule has 0 unspecified atom stereocenters. The third-order valence-electron chi connectivity index (χ3n) is 15.8. The van der Waals surface area contributed by atoms with Crippen LogP contribution < -0.4 is 36.7 Å². The Morgan fingerprint density at radius 3 is 1.80 bits per heavy atom. The number of benzene rings is 3. The van der Waals surface area contributed by atoms with Crippen molar-refractivity contribution >= 4 is 83.7 Å². The molecule has 3 aromatic carbocycles. The van der Waals surface area contributed by atoms with E-state index in [9.17, 15) is 33.3 Å². The maximum atomic E-state index is 14.1. The Morgan fingerprint density at radius 1 is 0.720 bits per heavy atom. The molecule has 13 rings (SSSR count). The van der Waals surface area contributed by atoms with Crippen molar-refractivity contribution in [2.45, 2.75) is 76.8 Å². The van der Waals surface area contributed by atoms with Crippen molar-refractivity contribution in [1.29, 1.82) is 15.8 Å². The van der Waals surface area contributed by atoms with Gasteiger partial charge in [0.15, 0.2) is 17.5 Å². The predicted octanol–water partition coefficient (Wildman–Crippen LogP) is 8.99. The molecule has 100 heavy (non-hydrogen) atoms. The fourth-order valence-electron chi connectivity index (χ4n) is 10.4. The van der Waals surface area contributed by atoms with Gasteiger partial charge in [-0.05, 0) is 149 Å². The van der Waals surface area contributed by atoms with Gasteiger partial charge in [0.1, 0.15) is 98.4 Å². The van der Waals surface area contributed by atoms with Gasteiger partial charge in [-0.1, -0.05) is 0 Å². The lowest BCUT2D eigenvalue weighted by atomic mass is 10.0. The maximum Gasteiger partial charge on any atom is 0.258 e. The normalized spacial score (nSPS) is 15.4. The van der Waals surface area contributed by atoms with Gasteiger partial charge in [-0.25, -0.2) is 57.1 Å². The van der Waals surface area contributed by atoms with Gasteiger partial charge in [-0.15, -0.1) is 0 Å². The van der Waals surface area contributed by atoms with Crippen molar-refractivity contribution in [2.24, 2.45) is 0 Å². The largest absolute Gasteiger partial charge is 0.467 e. The summed E-state index contributed by atoms with van der Waals surface area (Å²) in [6, 6.07) is 22.4. The van der Waals surface area contributed by atoms with Crippen LogP contribution in [0.25, 0.3) is 11.3 Å². The molecule has 2 amide bonds. The fraction of sp³-hybridized carbons (Fsp3) is 0.323. The molecule has 4 aliphatic heterocycles. The summed E-state index contributed by atoms with van der Waals surface area (Å²) in [5.74, 6) is -1.42. The maximum absolute atomic E-state index is 14.1. The van der Waals surface area contributed by atoms with E-state index in [1.165, 1.54) is 76.9 Å². The van der Waals surface area contributed by atoms with Crippen LogP contribution in [0, 0.1) is 55.0 Å². The summed E-state index contributed by atoms with van der Waals surface area (Å²) >= 11 is 8.53. The highest BCUT2D eigenvalue weighted by molar-refractivity contribution is 14.1.